The number of hydrogen-bond acceptors (Lipinski definition) is 10. The van der Waals surface area contributed by atoms with Crippen molar-refractivity contribution >= 4 is 72.7 Å². The topological polar surface area (TPSA) is 102 Å². The Morgan fingerprint density at radius 2 is 1.12 bits per heavy atom. The maximum atomic E-state index is 12.0. The van der Waals surface area contributed by atoms with Crippen LogP contribution in [0.2, 0.25) is 0 Å². The molecule has 0 amide bonds. The molecular formula is C32H28N2O6S2. The van der Waals surface area contributed by atoms with E-state index in [-0.39, 0.29) is 11.5 Å². The molecule has 0 atom stereocenters. The highest BCUT2D eigenvalue weighted by Gasteiger charge is 2.35. The van der Waals surface area contributed by atoms with E-state index in [0.717, 1.165) is 70.3 Å². The summed E-state index contributed by atoms with van der Waals surface area (Å²) >= 11 is 3.34. The molecule has 0 radical (unpaired) electrons. The van der Waals surface area contributed by atoms with Gasteiger partial charge in [-0.05, 0) is 18.7 Å². The zero-order chi connectivity index (χ0) is 29.0. The van der Waals surface area contributed by atoms with Gasteiger partial charge >= 0.3 is 0 Å². The highest BCUT2D eigenvalue weighted by Crippen LogP contribution is 2.59. The lowest BCUT2D eigenvalue weighted by Crippen LogP contribution is -2.19. The lowest BCUT2D eigenvalue weighted by atomic mass is 9.83. The van der Waals surface area contributed by atoms with Crippen molar-refractivity contribution in [2.45, 2.75) is 23.1 Å². The van der Waals surface area contributed by atoms with Gasteiger partial charge in [0.1, 0.15) is 11.5 Å². The number of hydrogen-bond donors (Lipinski definition) is 2. The Balaban J connectivity index is 1.89. The predicted molar refractivity (Wildman–Crippen MR) is 168 cm³/mol. The molecule has 0 saturated carbocycles. The molecule has 2 heterocycles. The summed E-state index contributed by atoms with van der Waals surface area (Å²) in [7, 11) is 6.54. The smallest absolute Gasteiger partial charge is 0.169 e. The van der Waals surface area contributed by atoms with Crippen LogP contribution in [0.15, 0.2) is 25.3 Å². The third-order valence-electron chi connectivity index (χ3n) is 8.64. The van der Waals surface area contributed by atoms with E-state index in [4.69, 9.17) is 28.9 Å². The molecule has 5 aromatic carbocycles. The lowest BCUT2D eigenvalue weighted by Gasteiger charge is -2.27. The molecule has 3 aliphatic rings. The van der Waals surface area contributed by atoms with Gasteiger partial charge in [-0.2, -0.15) is 0 Å². The van der Waals surface area contributed by atoms with Crippen molar-refractivity contribution in [2.75, 3.05) is 53.0 Å². The van der Waals surface area contributed by atoms with Crippen molar-refractivity contribution < 1.29 is 29.2 Å². The molecule has 0 spiro atoms. The maximum Gasteiger partial charge on any atom is 0.169 e. The first-order chi connectivity index (χ1) is 20.5. The van der Waals surface area contributed by atoms with Crippen molar-refractivity contribution in [3.05, 3.63) is 27.4 Å². The number of aromatic hydroxyl groups is 2. The summed E-state index contributed by atoms with van der Waals surface area (Å²) in [5.74, 6) is 3.90. The molecule has 0 fully saturated rings. The van der Waals surface area contributed by atoms with Gasteiger partial charge < -0.3 is 29.2 Å². The van der Waals surface area contributed by atoms with Crippen LogP contribution in [0, 0.1) is 0 Å². The number of phenols is 2. The van der Waals surface area contributed by atoms with Gasteiger partial charge in [0, 0.05) is 62.7 Å². The van der Waals surface area contributed by atoms with Crippen LogP contribution in [0.3, 0.4) is 0 Å². The van der Waals surface area contributed by atoms with E-state index in [1.54, 1.807) is 52.0 Å². The quantitative estimate of drug-likeness (QED) is 0.203. The van der Waals surface area contributed by atoms with Crippen molar-refractivity contribution in [3.63, 3.8) is 0 Å². The van der Waals surface area contributed by atoms with E-state index >= 15 is 0 Å². The average molecular weight is 601 g/mol. The molecule has 0 saturated heterocycles. The first-order valence-corrected chi connectivity index (χ1v) is 15.7. The highest BCUT2D eigenvalue weighted by molar-refractivity contribution is 7.99. The number of nitrogens with zero attached hydrogens (tertiary/aromatic N) is 2. The fourth-order valence-corrected chi connectivity index (χ4v) is 9.26. The SMILES string of the molecule is COc1c(O)c2c3c(c(OC)c4c5c(OC)c6c(c7c(O)c(OC)c8c(c(c1C=C(C)C8)c24)c75)=NCCS6)SCCN=3. The van der Waals surface area contributed by atoms with Crippen LogP contribution >= 0.6 is 23.5 Å². The second-order valence-electron chi connectivity index (χ2n) is 10.7. The summed E-state index contributed by atoms with van der Waals surface area (Å²) < 4.78 is 24.4. The Labute approximate surface area is 249 Å². The summed E-state index contributed by atoms with van der Waals surface area (Å²) in [6.45, 7) is 3.29. The second-order valence-corrected chi connectivity index (χ2v) is 12.9. The van der Waals surface area contributed by atoms with E-state index in [2.05, 4.69) is 6.08 Å². The summed E-state index contributed by atoms with van der Waals surface area (Å²) in [6.07, 6.45) is 2.60. The molecule has 0 aromatic heterocycles. The number of thioether (sulfide) groups is 2. The Morgan fingerprint density at radius 3 is 1.64 bits per heavy atom. The Kier molecular flexibility index (Phi) is 5.63. The van der Waals surface area contributed by atoms with Crippen LogP contribution in [-0.4, -0.2) is 63.2 Å². The fourth-order valence-electron chi connectivity index (χ4n) is 7.25. The highest BCUT2D eigenvalue weighted by atomic mass is 32.2. The second kappa shape index (κ2) is 9.12. The van der Waals surface area contributed by atoms with E-state index in [0.29, 0.717) is 64.0 Å². The third kappa shape index (κ3) is 3.01. The number of fused-ring (bicyclic) bond motifs is 5. The first kappa shape index (κ1) is 25.9. The summed E-state index contributed by atoms with van der Waals surface area (Å²) in [5.41, 5.74) is 2.67. The predicted octanol–water partition coefficient (Wildman–Crippen LogP) is 5.59. The molecule has 214 valence electrons. The van der Waals surface area contributed by atoms with Crippen LogP contribution in [0.4, 0.5) is 0 Å². The number of rotatable bonds is 4. The number of ether oxygens (including phenoxy) is 4. The van der Waals surface area contributed by atoms with Crippen molar-refractivity contribution in [1.29, 1.82) is 0 Å². The minimum atomic E-state index is 0.0527. The maximum absolute atomic E-state index is 12.0. The molecule has 1 aliphatic carbocycles. The van der Waals surface area contributed by atoms with Gasteiger partial charge in [-0.15, -0.1) is 23.5 Å². The molecule has 2 aliphatic heterocycles. The molecule has 0 bridgehead atoms. The zero-order valence-electron chi connectivity index (χ0n) is 23.9. The average Bonchev–Trinajstić information content (AvgIpc) is 3.15. The number of allylic oxidation sites excluding steroid dienone is 1. The summed E-state index contributed by atoms with van der Waals surface area (Å²) in [4.78, 5) is 11.6. The molecule has 8 rings (SSSR count). The summed E-state index contributed by atoms with van der Waals surface area (Å²) in [6, 6.07) is 0. The summed E-state index contributed by atoms with van der Waals surface area (Å²) in [5, 5.41) is 31.8. The molecule has 0 unspecified atom stereocenters. The van der Waals surface area contributed by atoms with Crippen LogP contribution in [0.25, 0.3) is 49.2 Å². The van der Waals surface area contributed by atoms with Gasteiger partial charge in [0.25, 0.3) is 0 Å². The van der Waals surface area contributed by atoms with Crippen molar-refractivity contribution in [3.8, 4) is 34.5 Å². The van der Waals surface area contributed by atoms with E-state index in [1.165, 1.54) is 0 Å². The van der Waals surface area contributed by atoms with Gasteiger partial charge in [-0.3, -0.25) is 9.98 Å². The Bertz CT molecular complexity index is 2210. The molecule has 10 heteroatoms. The van der Waals surface area contributed by atoms with Crippen LogP contribution < -0.4 is 29.7 Å². The Morgan fingerprint density at radius 1 is 0.619 bits per heavy atom. The third-order valence-corrected chi connectivity index (χ3v) is 10.8. The molecule has 2 N–H and O–H groups in total. The zero-order valence-corrected chi connectivity index (χ0v) is 25.5. The van der Waals surface area contributed by atoms with Gasteiger partial charge in [-0.25, -0.2) is 0 Å². The fraction of sp³-hybridized carbons (Fsp3) is 0.312. The number of methoxy groups -OCH3 is 4. The van der Waals surface area contributed by atoms with Gasteiger partial charge in [0.05, 0.1) is 59.7 Å². The van der Waals surface area contributed by atoms with E-state index in [9.17, 15) is 10.2 Å². The molecule has 5 aromatic rings. The minimum Gasteiger partial charge on any atom is -0.504 e. The van der Waals surface area contributed by atoms with Gasteiger partial charge in [0.2, 0.25) is 0 Å². The van der Waals surface area contributed by atoms with Crippen LogP contribution in [0.5, 0.6) is 34.5 Å². The monoisotopic (exact) mass is 600 g/mol. The molecular weight excluding hydrogens is 572 g/mol. The first-order valence-electron chi connectivity index (χ1n) is 13.7. The molecule has 8 nitrogen and oxygen atoms in total. The normalized spacial score (nSPS) is 15.8. The number of benzene rings is 5. The van der Waals surface area contributed by atoms with Gasteiger partial charge in [-0.1, -0.05) is 11.6 Å². The largest absolute Gasteiger partial charge is 0.504 e. The minimum absolute atomic E-state index is 0.0527. The van der Waals surface area contributed by atoms with Crippen molar-refractivity contribution in [2.24, 2.45) is 9.98 Å². The number of phenolic OH excluding ortho intramolecular Hbond substituents is 2. The van der Waals surface area contributed by atoms with Gasteiger partial charge in [0.15, 0.2) is 23.0 Å². The standard InChI is InChI=1S/C32H28N2O6S2/c1-12-10-13-15-16-14(11-12)28(38-3)26(36)22-18(16)20(30(40-5)32-24(22)34-7-9-42-32)19-17(15)21(25(35)27(13)37-2)23-31(29(19)39-4)41-8-6-33-23/h10,35-36H,6-9,11H2,1-5H3. The van der Waals surface area contributed by atoms with Crippen molar-refractivity contribution in [1.82, 2.24) is 0 Å². The molecule has 42 heavy (non-hydrogen) atoms. The Hall–Kier alpha value is -3.76. The lowest BCUT2D eigenvalue weighted by molar-refractivity contribution is 0.373. The van der Waals surface area contributed by atoms with Crippen LogP contribution in [0.1, 0.15) is 18.1 Å². The van der Waals surface area contributed by atoms with E-state index in [1.807, 2.05) is 6.92 Å². The van der Waals surface area contributed by atoms with E-state index < -0.39 is 0 Å². The van der Waals surface area contributed by atoms with Crippen LogP contribution in [-0.2, 0) is 6.42 Å².